The highest BCUT2D eigenvalue weighted by molar-refractivity contribution is 7.17. The van der Waals surface area contributed by atoms with Crippen molar-refractivity contribution in [1.29, 1.82) is 0 Å². The smallest absolute Gasteiger partial charge is 0.319 e. The molecule has 0 radical (unpaired) electrons. The molecule has 0 spiro atoms. The van der Waals surface area contributed by atoms with E-state index in [2.05, 4.69) is 27.4 Å². The molecule has 0 aliphatic carbocycles. The predicted octanol–water partition coefficient (Wildman–Crippen LogP) is 2.88. The molecular formula is C16H22N4OS. The van der Waals surface area contributed by atoms with Crippen LogP contribution >= 0.6 is 11.3 Å². The van der Waals surface area contributed by atoms with Gasteiger partial charge >= 0.3 is 6.03 Å². The molecule has 1 unspecified atom stereocenters. The lowest BCUT2D eigenvalue weighted by molar-refractivity contribution is 0.157. The molecule has 1 saturated heterocycles. The zero-order valence-corrected chi connectivity index (χ0v) is 14.1. The maximum atomic E-state index is 12.2. The summed E-state index contributed by atoms with van der Waals surface area (Å²) in [5.74, 6) is 1.05. The fourth-order valence-electron chi connectivity index (χ4n) is 3.07. The summed E-state index contributed by atoms with van der Waals surface area (Å²) in [6.45, 7) is 1.85. The number of amides is 2. The zero-order valence-electron chi connectivity index (χ0n) is 13.3. The van der Waals surface area contributed by atoms with Gasteiger partial charge in [-0.25, -0.2) is 9.78 Å². The van der Waals surface area contributed by atoms with Crippen LogP contribution in [0.3, 0.4) is 0 Å². The zero-order chi connectivity index (χ0) is 15.7. The first-order valence-electron chi connectivity index (χ1n) is 7.59. The fraction of sp³-hybridized carbons (Fsp3) is 0.500. The predicted molar refractivity (Wildman–Crippen MR) is 91.7 cm³/mol. The molecule has 3 rings (SSSR count). The number of nitrogens with zero attached hydrogens (tertiary/aromatic N) is 4. The summed E-state index contributed by atoms with van der Waals surface area (Å²) in [6.07, 6.45) is 4.01. The van der Waals surface area contributed by atoms with E-state index in [1.807, 2.05) is 18.1 Å². The van der Waals surface area contributed by atoms with Gasteiger partial charge in [-0.1, -0.05) is 0 Å². The number of pyridine rings is 1. The second-order valence-electron chi connectivity index (χ2n) is 6.00. The summed E-state index contributed by atoms with van der Waals surface area (Å²) in [7, 11) is 5.50. The number of piperidine rings is 1. The molecule has 2 aromatic rings. The molecule has 0 bridgehead atoms. The van der Waals surface area contributed by atoms with Crippen LogP contribution < -0.4 is 4.90 Å². The van der Waals surface area contributed by atoms with Crippen LogP contribution in [-0.4, -0.2) is 61.1 Å². The highest BCUT2D eigenvalue weighted by atomic mass is 32.1. The largest absolute Gasteiger partial charge is 0.354 e. The molecule has 2 amide bonds. The maximum Gasteiger partial charge on any atom is 0.319 e. The summed E-state index contributed by atoms with van der Waals surface area (Å²) in [6, 6.07) is 4.50. The number of hydrogen-bond donors (Lipinski definition) is 0. The first kappa shape index (κ1) is 15.1. The second-order valence-corrected chi connectivity index (χ2v) is 6.94. The molecule has 1 aliphatic heterocycles. The van der Waals surface area contributed by atoms with Gasteiger partial charge in [-0.3, -0.25) is 0 Å². The lowest BCUT2D eigenvalue weighted by atomic mass is 10.0. The van der Waals surface area contributed by atoms with Crippen molar-refractivity contribution in [3.05, 3.63) is 23.7 Å². The number of carbonyl (C=O) groups is 1. The van der Waals surface area contributed by atoms with Crippen LogP contribution in [0.2, 0.25) is 0 Å². The number of rotatable bonds is 2. The maximum absolute atomic E-state index is 12.2. The van der Waals surface area contributed by atoms with E-state index in [9.17, 15) is 4.79 Å². The van der Waals surface area contributed by atoms with Crippen molar-refractivity contribution < 1.29 is 4.79 Å². The Kier molecular flexibility index (Phi) is 4.20. The van der Waals surface area contributed by atoms with Crippen molar-refractivity contribution in [2.24, 2.45) is 0 Å². The van der Waals surface area contributed by atoms with Crippen molar-refractivity contribution in [3.63, 3.8) is 0 Å². The van der Waals surface area contributed by atoms with Crippen LogP contribution in [0.4, 0.5) is 10.6 Å². The van der Waals surface area contributed by atoms with E-state index in [4.69, 9.17) is 0 Å². The number of thiophene rings is 1. The van der Waals surface area contributed by atoms with Crippen LogP contribution in [0.25, 0.3) is 10.1 Å². The normalized spacial score (nSPS) is 18.5. The van der Waals surface area contributed by atoms with Crippen molar-refractivity contribution in [2.45, 2.75) is 18.9 Å². The number of urea groups is 1. The van der Waals surface area contributed by atoms with Gasteiger partial charge in [0.25, 0.3) is 0 Å². The Labute approximate surface area is 135 Å². The lowest BCUT2D eigenvalue weighted by Gasteiger charge is -2.39. The molecule has 1 fully saturated rings. The van der Waals surface area contributed by atoms with Gasteiger partial charge in [0, 0.05) is 50.5 Å². The average molecular weight is 318 g/mol. The van der Waals surface area contributed by atoms with Crippen LogP contribution in [-0.2, 0) is 0 Å². The van der Waals surface area contributed by atoms with Crippen LogP contribution in [0.15, 0.2) is 23.7 Å². The van der Waals surface area contributed by atoms with E-state index >= 15 is 0 Å². The van der Waals surface area contributed by atoms with E-state index in [1.165, 1.54) is 10.1 Å². The van der Waals surface area contributed by atoms with Gasteiger partial charge in [0.1, 0.15) is 5.82 Å². The number of fused-ring (bicyclic) bond motifs is 1. The van der Waals surface area contributed by atoms with Crippen molar-refractivity contribution >= 4 is 33.3 Å². The van der Waals surface area contributed by atoms with Gasteiger partial charge in [0.2, 0.25) is 0 Å². The third-order valence-electron chi connectivity index (χ3n) is 4.29. The van der Waals surface area contributed by atoms with E-state index in [0.29, 0.717) is 0 Å². The van der Waals surface area contributed by atoms with Gasteiger partial charge in [-0.05, 0) is 30.4 Å². The summed E-state index contributed by atoms with van der Waals surface area (Å²) in [5.41, 5.74) is 0. The molecule has 0 N–H and O–H groups in total. The summed E-state index contributed by atoms with van der Waals surface area (Å²) in [5, 5.41) is 3.33. The number of anilines is 1. The Morgan fingerprint density at radius 3 is 2.95 bits per heavy atom. The fourth-order valence-corrected chi connectivity index (χ4v) is 3.84. The average Bonchev–Trinajstić information content (AvgIpc) is 3.02. The molecular weight excluding hydrogens is 296 g/mol. The summed E-state index contributed by atoms with van der Waals surface area (Å²) in [4.78, 5) is 22.6. The van der Waals surface area contributed by atoms with E-state index in [-0.39, 0.29) is 12.1 Å². The molecule has 3 heterocycles. The second kappa shape index (κ2) is 6.12. The minimum Gasteiger partial charge on any atom is -0.354 e. The number of hydrogen-bond acceptors (Lipinski definition) is 4. The third-order valence-corrected chi connectivity index (χ3v) is 5.17. The molecule has 1 aliphatic rings. The highest BCUT2D eigenvalue weighted by Gasteiger charge is 2.28. The Hall–Kier alpha value is -1.82. The first-order valence-corrected chi connectivity index (χ1v) is 8.47. The topological polar surface area (TPSA) is 39.7 Å². The van der Waals surface area contributed by atoms with Crippen molar-refractivity contribution in [1.82, 2.24) is 14.8 Å². The lowest BCUT2D eigenvalue weighted by Crippen LogP contribution is -2.51. The third kappa shape index (κ3) is 2.75. The summed E-state index contributed by atoms with van der Waals surface area (Å²) < 4.78 is 1.27. The van der Waals surface area contributed by atoms with E-state index in [1.54, 1.807) is 30.3 Å². The molecule has 6 heteroatoms. The SMILES string of the molecule is CN(C)C(=O)N(C)C1CCCN(c2nccc3sccc23)C1. The Morgan fingerprint density at radius 1 is 1.36 bits per heavy atom. The van der Waals surface area contributed by atoms with E-state index in [0.717, 1.165) is 31.7 Å². The minimum atomic E-state index is 0.0635. The monoisotopic (exact) mass is 318 g/mol. The van der Waals surface area contributed by atoms with Crippen molar-refractivity contribution in [3.8, 4) is 0 Å². The van der Waals surface area contributed by atoms with Gasteiger partial charge in [-0.2, -0.15) is 0 Å². The molecule has 1 atom stereocenters. The van der Waals surface area contributed by atoms with Gasteiger partial charge in [0.15, 0.2) is 0 Å². The van der Waals surface area contributed by atoms with Gasteiger partial charge in [0.05, 0.1) is 6.04 Å². The van der Waals surface area contributed by atoms with Crippen LogP contribution in [0, 0.1) is 0 Å². The molecule has 5 nitrogen and oxygen atoms in total. The Morgan fingerprint density at radius 2 is 2.18 bits per heavy atom. The summed E-state index contributed by atoms with van der Waals surface area (Å²) >= 11 is 1.74. The number of likely N-dealkylation sites (N-methyl/N-ethyl adjacent to an activating group) is 1. The molecule has 118 valence electrons. The number of aromatic nitrogens is 1. The molecule has 22 heavy (non-hydrogen) atoms. The molecule has 0 aromatic carbocycles. The highest BCUT2D eigenvalue weighted by Crippen LogP contribution is 2.30. The van der Waals surface area contributed by atoms with Crippen molar-refractivity contribution in [2.75, 3.05) is 39.1 Å². The first-order chi connectivity index (χ1) is 10.6. The molecule has 0 saturated carbocycles. The quantitative estimate of drug-likeness (QED) is 0.855. The van der Waals surface area contributed by atoms with Crippen LogP contribution in [0.5, 0.6) is 0 Å². The van der Waals surface area contributed by atoms with Gasteiger partial charge in [-0.15, -0.1) is 11.3 Å². The minimum absolute atomic E-state index is 0.0635. The van der Waals surface area contributed by atoms with E-state index < -0.39 is 0 Å². The number of carbonyl (C=O) groups excluding carboxylic acids is 1. The van der Waals surface area contributed by atoms with Gasteiger partial charge < -0.3 is 14.7 Å². The molecule has 2 aromatic heterocycles. The Bertz CT molecular complexity index is 669. The standard InChI is InChI=1S/C16H22N4OS/c1-18(2)16(21)19(3)12-5-4-9-20(11-12)15-13-7-10-22-14(13)6-8-17-15/h6-8,10,12H,4-5,9,11H2,1-3H3. The van der Waals surface area contributed by atoms with Crippen LogP contribution in [0.1, 0.15) is 12.8 Å². The Balaban J connectivity index is 1.81.